The minimum absolute atomic E-state index is 0.0275. The molecule has 104 valence electrons. The molecule has 0 spiro atoms. The number of rotatable bonds is 6. The number of hydrogen-bond acceptors (Lipinski definition) is 5. The van der Waals surface area contributed by atoms with Crippen LogP contribution in [0.3, 0.4) is 0 Å². The molecular weight excluding hydrogens is 274 g/mol. The van der Waals surface area contributed by atoms with Crippen molar-refractivity contribution in [3.8, 4) is 0 Å². The molecule has 0 bridgehead atoms. The maximum absolute atomic E-state index is 12.1. The summed E-state index contributed by atoms with van der Waals surface area (Å²) in [7, 11) is -3.64. The number of aryl methyl sites for hydroxylation is 2. The van der Waals surface area contributed by atoms with E-state index in [1.807, 2.05) is 6.26 Å². The number of nitrogens with one attached hydrogen (secondary N) is 2. The average Bonchev–Trinajstić information content (AvgIpc) is 2.56. The van der Waals surface area contributed by atoms with Gasteiger partial charge in [0.25, 0.3) is 0 Å². The van der Waals surface area contributed by atoms with Gasteiger partial charge in [0.05, 0.1) is 17.0 Å². The minimum atomic E-state index is -3.64. The largest absolute Gasteiger partial charge is 0.388 e. The van der Waals surface area contributed by atoms with Crippen LogP contribution in [-0.4, -0.2) is 47.9 Å². The zero-order chi connectivity index (χ0) is 14.0. The lowest BCUT2D eigenvalue weighted by Crippen LogP contribution is -2.42. The molecule has 0 fully saturated rings. The summed E-state index contributed by atoms with van der Waals surface area (Å²) in [5.41, 5.74) is -0.160. The molecule has 3 N–H and O–H groups in total. The number of aromatic nitrogens is 2. The number of nitrogens with zero attached hydrogens (tertiary/aromatic N) is 1. The van der Waals surface area contributed by atoms with Crippen molar-refractivity contribution in [2.24, 2.45) is 0 Å². The van der Waals surface area contributed by atoms with Gasteiger partial charge < -0.3 is 5.11 Å². The lowest BCUT2D eigenvalue weighted by Gasteiger charge is -2.22. The lowest BCUT2D eigenvalue weighted by molar-refractivity contribution is 0.0908. The Morgan fingerprint density at radius 3 is 2.56 bits per heavy atom. The zero-order valence-corrected chi connectivity index (χ0v) is 12.6. The summed E-state index contributed by atoms with van der Waals surface area (Å²) in [6.45, 7) is 4.84. The van der Waals surface area contributed by atoms with Crippen LogP contribution in [0.2, 0.25) is 0 Å². The van der Waals surface area contributed by atoms with E-state index in [0.29, 0.717) is 17.1 Å². The highest BCUT2D eigenvalue weighted by Gasteiger charge is 2.26. The molecular formula is C10H19N3O3S2. The third kappa shape index (κ3) is 3.71. The summed E-state index contributed by atoms with van der Waals surface area (Å²) in [6, 6.07) is 0. The molecule has 0 saturated heterocycles. The van der Waals surface area contributed by atoms with Crippen LogP contribution < -0.4 is 4.72 Å². The molecule has 1 rings (SSSR count). The van der Waals surface area contributed by atoms with E-state index < -0.39 is 15.6 Å². The van der Waals surface area contributed by atoms with Gasteiger partial charge in [-0.2, -0.15) is 16.9 Å². The summed E-state index contributed by atoms with van der Waals surface area (Å²) < 4.78 is 26.6. The van der Waals surface area contributed by atoms with Gasteiger partial charge in [-0.15, -0.1) is 0 Å². The highest BCUT2D eigenvalue weighted by molar-refractivity contribution is 7.98. The molecule has 1 atom stereocenters. The highest BCUT2D eigenvalue weighted by atomic mass is 32.2. The molecule has 0 saturated carbocycles. The molecule has 1 aromatic rings. The maximum atomic E-state index is 12.1. The van der Waals surface area contributed by atoms with Crippen LogP contribution in [0, 0.1) is 13.8 Å². The van der Waals surface area contributed by atoms with Gasteiger partial charge in [0.15, 0.2) is 0 Å². The summed E-state index contributed by atoms with van der Waals surface area (Å²) in [6.07, 6.45) is 1.85. The quantitative estimate of drug-likeness (QED) is 0.706. The number of aliphatic hydroxyl groups is 1. The Morgan fingerprint density at radius 1 is 1.50 bits per heavy atom. The molecule has 0 aliphatic rings. The third-order valence-corrected chi connectivity index (χ3v) is 5.00. The molecule has 0 radical (unpaired) electrons. The van der Waals surface area contributed by atoms with Gasteiger partial charge >= 0.3 is 0 Å². The Morgan fingerprint density at radius 2 is 2.11 bits per heavy atom. The maximum Gasteiger partial charge on any atom is 0.244 e. The Kier molecular flexibility index (Phi) is 4.82. The van der Waals surface area contributed by atoms with E-state index in [2.05, 4.69) is 14.9 Å². The van der Waals surface area contributed by atoms with E-state index >= 15 is 0 Å². The fraction of sp³-hybridized carbons (Fsp3) is 0.700. The number of aromatic amines is 1. The van der Waals surface area contributed by atoms with Crippen LogP contribution in [0.1, 0.15) is 18.3 Å². The topological polar surface area (TPSA) is 95.1 Å². The van der Waals surface area contributed by atoms with E-state index in [4.69, 9.17) is 0 Å². The predicted molar refractivity (Wildman–Crippen MR) is 72.3 cm³/mol. The molecule has 0 amide bonds. The van der Waals surface area contributed by atoms with Crippen LogP contribution in [0.25, 0.3) is 0 Å². The second-order valence-electron chi connectivity index (χ2n) is 4.52. The first-order chi connectivity index (χ1) is 8.19. The van der Waals surface area contributed by atoms with E-state index in [1.54, 1.807) is 20.8 Å². The SMILES string of the molecule is CSCC(C)(O)CNS(=O)(=O)c1c(C)n[nH]c1C. The second kappa shape index (κ2) is 5.60. The number of H-pyrrole nitrogens is 1. The molecule has 0 aliphatic carbocycles. The highest BCUT2D eigenvalue weighted by Crippen LogP contribution is 2.17. The Hall–Kier alpha value is -0.570. The van der Waals surface area contributed by atoms with Gasteiger partial charge in [-0.05, 0) is 27.0 Å². The molecule has 18 heavy (non-hydrogen) atoms. The van der Waals surface area contributed by atoms with Crippen molar-refractivity contribution in [3.05, 3.63) is 11.4 Å². The van der Waals surface area contributed by atoms with Crippen molar-refractivity contribution in [3.63, 3.8) is 0 Å². The van der Waals surface area contributed by atoms with Crippen molar-refractivity contribution in [2.45, 2.75) is 31.3 Å². The normalized spacial score (nSPS) is 15.6. The van der Waals surface area contributed by atoms with Crippen molar-refractivity contribution >= 4 is 21.8 Å². The van der Waals surface area contributed by atoms with Gasteiger partial charge in [0.1, 0.15) is 4.90 Å². The van der Waals surface area contributed by atoms with Crippen molar-refractivity contribution in [2.75, 3.05) is 18.6 Å². The van der Waals surface area contributed by atoms with Crippen LogP contribution in [0.5, 0.6) is 0 Å². The number of hydrogen-bond donors (Lipinski definition) is 3. The number of thioether (sulfide) groups is 1. The summed E-state index contributed by atoms with van der Waals surface area (Å²) in [4.78, 5) is 0.155. The predicted octanol–water partition coefficient (Wildman–Crippen LogP) is 0.419. The van der Waals surface area contributed by atoms with E-state index in [9.17, 15) is 13.5 Å². The van der Waals surface area contributed by atoms with Gasteiger partial charge in [-0.3, -0.25) is 5.10 Å². The Labute approximate surface area is 112 Å². The van der Waals surface area contributed by atoms with Crippen molar-refractivity contribution in [1.82, 2.24) is 14.9 Å². The van der Waals surface area contributed by atoms with Crippen LogP contribution in [0.15, 0.2) is 4.90 Å². The van der Waals surface area contributed by atoms with E-state index in [1.165, 1.54) is 11.8 Å². The second-order valence-corrected chi connectivity index (χ2v) is 7.09. The first-order valence-electron chi connectivity index (χ1n) is 5.42. The molecule has 8 heteroatoms. The Balaban J connectivity index is 2.84. The van der Waals surface area contributed by atoms with Gasteiger partial charge in [-0.1, -0.05) is 0 Å². The first-order valence-corrected chi connectivity index (χ1v) is 8.30. The smallest absolute Gasteiger partial charge is 0.244 e. The van der Waals surface area contributed by atoms with Crippen LogP contribution in [0.4, 0.5) is 0 Å². The van der Waals surface area contributed by atoms with E-state index in [0.717, 1.165) is 0 Å². The third-order valence-electron chi connectivity index (χ3n) is 2.43. The van der Waals surface area contributed by atoms with Crippen molar-refractivity contribution in [1.29, 1.82) is 0 Å². The standard InChI is InChI=1S/C10H19N3O3S2/c1-7-9(8(2)13-12-7)18(15,16)11-5-10(3,14)6-17-4/h11,14H,5-6H2,1-4H3,(H,12,13). The fourth-order valence-corrected chi connectivity index (χ4v) is 3.87. The van der Waals surface area contributed by atoms with Crippen molar-refractivity contribution < 1.29 is 13.5 Å². The summed E-state index contributed by atoms with van der Waals surface area (Å²) in [5, 5.41) is 16.4. The molecule has 6 nitrogen and oxygen atoms in total. The molecule has 1 unspecified atom stereocenters. The molecule has 1 aromatic heterocycles. The first kappa shape index (κ1) is 15.5. The van der Waals surface area contributed by atoms with Gasteiger partial charge in [-0.25, -0.2) is 13.1 Å². The van der Waals surface area contributed by atoms with Crippen LogP contribution >= 0.6 is 11.8 Å². The summed E-state index contributed by atoms with van der Waals surface area (Å²) >= 11 is 1.46. The minimum Gasteiger partial charge on any atom is -0.388 e. The molecule has 1 heterocycles. The lowest BCUT2D eigenvalue weighted by atomic mass is 10.1. The zero-order valence-electron chi connectivity index (χ0n) is 10.9. The van der Waals surface area contributed by atoms with Crippen LogP contribution in [-0.2, 0) is 10.0 Å². The van der Waals surface area contributed by atoms with E-state index in [-0.39, 0.29) is 11.4 Å². The molecule has 0 aliphatic heterocycles. The summed E-state index contributed by atoms with van der Waals surface area (Å²) in [5.74, 6) is 0.457. The average molecular weight is 293 g/mol. The number of sulfonamides is 1. The fourth-order valence-electron chi connectivity index (χ4n) is 1.62. The monoisotopic (exact) mass is 293 g/mol. The van der Waals surface area contributed by atoms with Gasteiger partial charge in [0, 0.05) is 12.3 Å². The molecule has 0 aromatic carbocycles. The van der Waals surface area contributed by atoms with Gasteiger partial charge in [0.2, 0.25) is 10.0 Å². The Bertz CT molecular complexity index is 489.